The van der Waals surface area contributed by atoms with Crippen LogP contribution in [-0.4, -0.2) is 10.6 Å². The molecule has 0 radical (unpaired) electrons. The van der Waals surface area contributed by atoms with Gasteiger partial charge in [-0.15, -0.1) is 0 Å². The SMILES string of the molecule is C=C(/C=C\C(=C/CCCC)c1ccc(C(/C=C2/CC3C(C2=C)c2ccccc2N3C(/C=C\C)=C/C)=C/C)cc1)c1c(C)n(-c2ccccc2)c2ccccc12.CC. The molecular weight excluding hydrogens is 689 g/mol. The first-order chi connectivity index (χ1) is 27.9. The number of fused-ring (bicyclic) bond motifs is 4. The van der Waals surface area contributed by atoms with Gasteiger partial charge < -0.3 is 9.47 Å². The van der Waals surface area contributed by atoms with Gasteiger partial charge in [0, 0.05) is 45.7 Å². The molecule has 0 spiro atoms. The summed E-state index contributed by atoms with van der Waals surface area (Å²) >= 11 is 0. The van der Waals surface area contributed by atoms with E-state index in [1.54, 1.807) is 0 Å². The Hall–Kier alpha value is -5.86. The van der Waals surface area contributed by atoms with Crippen molar-refractivity contribution in [3.8, 4) is 5.69 Å². The smallest absolute Gasteiger partial charge is 0.0537 e. The quantitative estimate of drug-likeness (QED) is 0.0911. The maximum absolute atomic E-state index is 4.71. The van der Waals surface area contributed by atoms with Crippen molar-refractivity contribution in [3.63, 3.8) is 0 Å². The molecule has 2 aliphatic rings. The van der Waals surface area contributed by atoms with Crippen LogP contribution in [0, 0.1) is 6.92 Å². The Balaban J connectivity index is 0.00000270. The standard InChI is InChI=1S/C53H54N2.C2H6/c1-8-12-14-22-41(30-29-37(5)52-39(7)54(46-23-15-13-16-24-46)49-27-19-17-25-47(49)52)43-33-31-42(32-34-43)40(10-3)35-44-36-51-53(38(44)6)48-26-18-20-28-50(48)55(51)45(11-4)21-9-2;1-2/h9-11,13,15-35,51,53H,5-6,8,12,14,36H2,1-4,7H3;1-2H3/b21-9-,30-29-,40-10+,41-22+,44-35-,45-11+;. The number of benzene rings is 4. The van der Waals surface area contributed by atoms with Crippen LogP contribution in [0.15, 0.2) is 182 Å². The van der Waals surface area contributed by atoms with Gasteiger partial charge in [0.15, 0.2) is 0 Å². The van der Waals surface area contributed by atoms with E-state index < -0.39 is 0 Å². The van der Waals surface area contributed by atoms with Crippen LogP contribution >= 0.6 is 0 Å². The topological polar surface area (TPSA) is 8.17 Å². The molecule has 1 fully saturated rings. The molecule has 57 heavy (non-hydrogen) atoms. The van der Waals surface area contributed by atoms with Gasteiger partial charge in [-0.3, -0.25) is 0 Å². The normalized spacial score (nSPS) is 17.8. The lowest BCUT2D eigenvalue weighted by atomic mass is 9.92. The zero-order valence-corrected chi connectivity index (χ0v) is 35.2. The van der Waals surface area contributed by atoms with Gasteiger partial charge >= 0.3 is 0 Å². The molecule has 7 rings (SSSR count). The molecule has 4 aromatic carbocycles. The van der Waals surface area contributed by atoms with E-state index in [1.807, 2.05) is 13.8 Å². The minimum absolute atomic E-state index is 0.291. The van der Waals surface area contributed by atoms with E-state index in [2.05, 4.69) is 202 Å². The summed E-state index contributed by atoms with van der Waals surface area (Å²) in [6, 6.07) is 37.6. The van der Waals surface area contributed by atoms with Crippen molar-refractivity contribution in [1.82, 2.24) is 4.57 Å². The molecule has 0 bridgehead atoms. The third-order valence-electron chi connectivity index (χ3n) is 11.4. The number of anilines is 1. The first-order valence-corrected chi connectivity index (χ1v) is 21.0. The van der Waals surface area contributed by atoms with E-state index in [9.17, 15) is 0 Å². The Labute approximate surface area is 343 Å². The van der Waals surface area contributed by atoms with Crippen molar-refractivity contribution >= 4 is 33.3 Å². The van der Waals surface area contributed by atoms with E-state index in [4.69, 9.17) is 6.58 Å². The number of hydrogen-bond acceptors (Lipinski definition) is 1. The number of rotatable bonds is 12. The van der Waals surface area contributed by atoms with Crippen molar-refractivity contribution in [1.29, 1.82) is 0 Å². The summed E-state index contributed by atoms with van der Waals surface area (Å²) in [4.78, 5) is 2.54. The second-order valence-corrected chi connectivity index (χ2v) is 14.7. The highest BCUT2D eigenvalue weighted by Gasteiger charge is 2.46. The third kappa shape index (κ3) is 8.19. The maximum Gasteiger partial charge on any atom is 0.0537 e. The Morgan fingerprint density at radius 3 is 2.12 bits per heavy atom. The van der Waals surface area contributed by atoms with Crippen LogP contribution in [0.25, 0.3) is 33.3 Å². The largest absolute Gasteiger partial charge is 0.337 e. The fraction of sp³-hybridized carbons (Fsp3) is 0.236. The van der Waals surface area contributed by atoms with Crippen LogP contribution in [0.2, 0.25) is 0 Å². The summed E-state index contributed by atoms with van der Waals surface area (Å²) in [5, 5.41) is 1.22. The predicted molar refractivity (Wildman–Crippen MR) is 251 cm³/mol. The number of hydrogen-bond donors (Lipinski definition) is 0. The Morgan fingerprint density at radius 2 is 1.44 bits per heavy atom. The van der Waals surface area contributed by atoms with Crippen molar-refractivity contribution < 1.29 is 0 Å². The first kappa shape index (κ1) is 40.8. The molecule has 1 aliphatic carbocycles. The number of para-hydroxylation sites is 3. The van der Waals surface area contributed by atoms with E-state index in [0.717, 1.165) is 30.5 Å². The summed E-state index contributed by atoms with van der Waals surface area (Å²) in [6.07, 6.45) is 22.4. The summed E-state index contributed by atoms with van der Waals surface area (Å²) in [5.74, 6) is 0.291. The molecule has 1 aliphatic heterocycles. The van der Waals surface area contributed by atoms with Crippen LogP contribution in [0.5, 0.6) is 0 Å². The van der Waals surface area contributed by atoms with E-state index in [0.29, 0.717) is 12.0 Å². The van der Waals surface area contributed by atoms with E-state index in [1.165, 1.54) is 78.9 Å². The lowest BCUT2D eigenvalue weighted by Gasteiger charge is -2.28. The van der Waals surface area contributed by atoms with Gasteiger partial charge in [0.2, 0.25) is 0 Å². The predicted octanol–water partition coefficient (Wildman–Crippen LogP) is 15.6. The van der Waals surface area contributed by atoms with Crippen LogP contribution in [0.3, 0.4) is 0 Å². The van der Waals surface area contributed by atoms with Crippen LogP contribution in [0.1, 0.15) is 101 Å². The van der Waals surface area contributed by atoms with Gasteiger partial charge in [0.05, 0.1) is 5.52 Å². The van der Waals surface area contributed by atoms with Crippen LogP contribution in [0.4, 0.5) is 5.69 Å². The molecule has 1 saturated carbocycles. The lowest BCUT2D eigenvalue weighted by Crippen LogP contribution is -2.30. The number of nitrogens with zero attached hydrogens (tertiary/aromatic N) is 2. The first-order valence-electron chi connectivity index (χ1n) is 21.0. The van der Waals surface area contributed by atoms with Crippen LogP contribution < -0.4 is 4.90 Å². The van der Waals surface area contributed by atoms with Crippen molar-refractivity contribution in [2.45, 2.75) is 86.1 Å². The maximum atomic E-state index is 4.71. The summed E-state index contributed by atoms with van der Waals surface area (Å²) < 4.78 is 2.35. The highest BCUT2D eigenvalue weighted by Crippen LogP contribution is 2.55. The number of aromatic nitrogens is 1. The second-order valence-electron chi connectivity index (χ2n) is 14.7. The molecule has 2 nitrogen and oxygen atoms in total. The molecule has 0 amide bonds. The van der Waals surface area contributed by atoms with Gasteiger partial charge in [0.25, 0.3) is 0 Å². The third-order valence-corrected chi connectivity index (χ3v) is 11.4. The Morgan fingerprint density at radius 1 is 0.772 bits per heavy atom. The molecule has 290 valence electrons. The van der Waals surface area contributed by atoms with Crippen molar-refractivity contribution in [2.75, 3.05) is 4.90 Å². The number of unbranched alkanes of at least 4 members (excludes halogenated alkanes) is 2. The average Bonchev–Trinajstić information content (AvgIpc) is 3.86. The van der Waals surface area contributed by atoms with Crippen LogP contribution in [-0.2, 0) is 0 Å². The minimum Gasteiger partial charge on any atom is -0.337 e. The molecule has 0 saturated heterocycles. The molecule has 2 unspecified atom stereocenters. The Bertz CT molecular complexity index is 2400. The zero-order valence-electron chi connectivity index (χ0n) is 35.2. The number of allylic oxidation sites excluding steroid dienone is 11. The molecule has 5 aromatic rings. The van der Waals surface area contributed by atoms with Gasteiger partial charge in [-0.05, 0) is 115 Å². The van der Waals surface area contributed by atoms with Gasteiger partial charge in [0.1, 0.15) is 0 Å². The summed E-state index contributed by atoms with van der Waals surface area (Å²) in [7, 11) is 0. The van der Waals surface area contributed by atoms with Crippen molar-refractivity contribution in [2.24, 2.45) is 0 Å². The molecule has 1 aromatic heterocycles. The molecule has 2 atom stereocenters. The van der Waals surface area contributed by atoms with Crippen molar-refractivity contribution in [3.05, 3.63) is 210 Å². The average molecular weight is 749 g/mol. The summed E-state index contributed by atoms with van der Waals surface area (Å²) in [6.45, 7) is 24.2. The lowest BCUT2D eigenvalue weighted by molar-refractivity contribution is 0.664. The fourth-order valence-electron chi connectivity index (χ4n) is 8.73. The van der Waals surface area contributed by atoms with E-state index >= 15 is 0 Å². The minimum atomic E-state index is 0.291. The van der Waals surface area contributed by atoms with Gasteiger partial charge in [-0.1, -0.05) is 168 Å². The molecular formula is C55H60N2. The molecule has 2 heterocycles. The molecule has 2 heteroatoms. The second kappa shape index (κ2) is 18.9. The highest BCUT2D eigenvalue weighted by atomic mass is 15.2. The van der Waals surface area contributed by atoms with E-state index in [-0.39, 0.29) is 0 Å². The van der Waals surface area contributed by atoms with Gasteiger partial charge in [-0.2, -0.15) is 0 Å². The van der Waals surface area contributed by atoms with Gasteiger partial charge in [-0.25, -0.2) is 0 Å². The molecule has 0 N–H and O–H groups in total. The summed E-state index contributed by atoms with van der Waals surface area (Å²) in [5.41, 5.74) is 17.2. The fourth-order valence-corrected chi connectivity index (χ4v) is 8.73. The monoisotopic (exact) mass is 748 g/mol. The highest BCUT2D eigenvalue weighted by molar-refractivity contribution is 5.98. The zero-order chi connectivity index (χ0) is 40.5. The Kier molecular flexibility index (Phi) is 13.5.